The largest absolute Gasteiger partial charge is 0.497 e. The molecule has 1 aliphatic carbocycles. The molecule has 2 aromatic rings. The third-order valence-electron chi connectivity index (χ3n) is 4.52. The fraction of sp³-hybridized carbons (Fsp3) is 0.529. The number of hydrogen-bond donors (Lipinski definition) is 1. The second-order valence-corrected chi connectivity index (χ2v) is 6.38. The minimum absolute atomic E-state index is 0.0485. The van der Waals surface area contributed by atoms with Crippen LogP contribution in [0.5, 0.6) is 5.75 Å². The molecule has 0 unspecified atom stereocenters. The van der Waals surface area contributed by atoms with Crippen LogP contribution in [-0.2, 0) is 11.2 Å². The first kappa shape index (κ1) is 16.4. The first-order valence-corrected chi connectivity index (χ1v) is 8.26. The highest BCUT2D eigenvalue weighted by Gasteiger charge is 2.32. The van der Waals surface area contributed by atoms with Gasteiger partial charge >= 0.3 is 0 Å². The molecule has 2 atom stereocenters. The van der Waals surface area contributed by atoms with Crippen LogP contribution >= 0.6 is 0 Å². The summed E-state index contributed by atoms with van der Waals surface area (Å²) in [5.41, 5.74) is 1.00. The summed E-state index contributed by atoms with van der Waals surface area (Å²) in [5, 5.41) is 14.7. The minimum atomic E-state index is -0.478. The molecule has 0 radical (unpaired) electrons. The number of carbonyl (C=O) groups is 1. The van der Waals surface area contributed by atoms with Gasteiger partial charge in [0.05, 0.1) is 7.11 Å². The van der Waals surface area contributed by atoms with E-state index in [1.165, 1.54) is 12.8 Å². The number of methoxy groups -OCH3 is 1. The zero-order valence-electron chi connectivity index (χ0n) is 14.3. The van der Waals surface area contributed by atoms with E-state index in [1.54, 1.807) is 18.7 Å². The molecule has 1 amide bonds. The van der Waals surface area contributed by atoms with Crippen LogP contribution in [0, 0.1) is 12.8 Å². The number of amides is 1. The third kappa shape index (κ3) is 3.72. The first-order valence-electron chi connectivity index (χ1n) is 8.26. The number of benzene rings is 1. The molecule has 3 rings (SSSR count). The van der Waals surface area contributed by atoms with E-state index in [1.807, 2.05) is 24.3 Å². The highest BCUT2D eigenvalue weighted by atomic mass is 16.5. The smallest absolute Gasteiger partial charge is 0.245 e. The van der Waals surface area contributed by atoms with Gasteiger partial charge in [0.2, 0.25) is 5.91 Å². The monoisotopic (exact) mass is 329 g/mol. The predicted molar refractivity (Wildman–Crippen MR) is 88.6 cm³/mol. The van der Waals surface area contributed by atoms with E-state index in [2.05, 4.69) is 27.8 Å². The highest BCUT2D eigenvalue weighted by Crippen LogP contribution is 2.32. The van der Waals surface area contributed by atoms with Crippen LogP contribution in [0.15, 0.2) is 24.3 Å². The number of carbonyl (C=O) groups excluding carboxylic acids is 1. The number of rotatable bonds is 7. The lowest BCUT2D eigenvalue weighted by Crippen LogP contribution is -2.40. The summed E-state index contributed by atoms with van der Waals surface area (Å²) < 4.78 is 6.86. The summed E-state index contributed by atoms with van der Waals surface area (Å²) >= 11 is 0. The van der Waals surface area contributed by atoms with Crippen molar-refractivity contribution in [3.8, 4) is 5.75 Å². The van der Waals surface area contributed by atoms with Gasteiger partial charge in [-0.3, -0.25) is 4.79 Å². The van der Waals surface area contributed by atoms with E-state index >= 15 is 0 Å². The fourth-order valence-electron chi connectivity index (χ4n) is 2.87. The lowest BCUT2D eigenvalue weighted by molar-refractivity contribution is -0.125. The third-order valence-corrected chi connectivity index (χ3v) is 4.52. The van der Waals surface area contributed by atoms with Crippen molar-refractivity contribution in [1.82, 2.24) is 25.5 Å². The average molecular weight is 329 g/mol. The van der Waals surface area contributed by atoms with Crippen LogP contribution in [0.3, 0.4) is 0 Å². The second-order valence-electron chi connectivity index (χ2n) is 6.38. The van der Waals surface area contributed by atoms with E-state index in [0.717, 1.165) is 11.3 Å². The molecule has 1 aromatic carbocycles. The molecule has 1 aliphatic rings. The van der Waals surface area contributed by atoms with Crippen molar-refractivity contribution in [2.75, 3.05) is 7.11 Å². The molecule has 0 spiro atoms. The number of ether oxygens (including phenoxy) is 1. The Morgan fingerprint density at radius 2 is 2.25 bits per heavy atom. The maximum absolute atomic E-state index is 12.8. The van der Waals surface area contributed by atoms with Crippen LogP contribution in [0.2, 0.25) is 0 Å². The fourth-order valence-corrected chi connectivity index (χ4v) is 2.87. The number of tetrazole rings is 1. The van der Waals surface area contributed by atoms with Gasteiger partial charge in [0.25, 0.3) is 0 Å². The number of aryl methyl sites for hydroxylation is 1. The van der Waals surface area contributed by atoms with Crippen molar-refractivity contribution in [3.05, 3.63) is 35.7 Å². The second kappa shape index (κ2) is 6.98. The standard InChI is InChI=1S/C17H23N5O2/c1-11(14-7-8-14)18-17(23)16(22-12(2)19-20-21-22)10-13-5-4-6-15(9-13)24-3/h4-6,9,11,14,16H,7-8,10H2,1-3H3,(H,18,23)/t11-,16-/m0/s1. The Balaban J connectivity index is 1.81. The molecule has 1 fully saturated rings. The maximum Gasteiger partial charge on any atom is 0.245 e. The molecule has 1 N–H and O–H groups in total. The van der Waals surface area contributed by atoms with Gasteiger partial charge in [0.1, 0.15) is 17.6 Å². The Hall–Kier alpha value is -2.44. The Kier molecular flexibility index (Phi) is 4.78. The summed E-state index contributed by atoms with van der Waals surface area (Å²) in [6.45, 7) is 3.86. The molecule has 24 heavy (non-hydrogen) atoms. The van der Waals surface area contributed by atoms with Crippen molar-refractivity contribution in [1.29, 1.82) is 0 Å². The molecule has 0 aliphatic heterocycles. The van der Waals surface area contributed by atoms with Gasteiger partial charge in [-0.15, -0.1) is 5.10 Å². The molecule has 0 bridgehead atoms. The van der Waals surface area contributed by atoms with E-state index in [-0.39, 0.29) is 11.9 Å². The number of hydrogen-bond acceptors (Lipinski definition) is 5. The van der Waals surface area contributed by atoms with E-state index in [4.69, 9.17) is 4.74 Å². The summed E-state index contributed by atoms with van der Waals surface area (Å²) in [6, 6.07) is 7.42. The van der Waals surface area contributed by atoms with Crippen molar-refractivity contribution in [3.63, 3.8) is 0 Å². The molecule has 7 nitrogen and oxygen atoms in total. The summed E-state index contributed by atoms with van der Waals surface area (Å²) in [5.74, 6) is 1.94. The Morgan fingerprint density at radius 3 is 2.88 bits per heavy atom. The molecule has 1 aromatic heterocycles. The Bertz CT molecular complexity index is 711. The van der Waals surface area contributed by atoms with Gasteiger partial charge in [-0.25, -0.2) is 4.68 Å². The van der Waals surface area contributed by atoms with Crippen molar-refractivity contribution >= 4 is 5.91 Å². The van der Waals surface area contributed by atoms with Crippen LogP contribution in [0.25, 0.3) is 0 Å². The lowest BCUT2D eigenvalue weighted by atomic mass is 10.0. The van der Waals surface area contributed by atoms with Crippen LogP contribution in [0.4, 0.5) is 0 Å². The molecule has 1 heterocycles. The quantitative estimate of drug-likeness (QED) is 0.836. The molecular formula is C17H23N5O2. The zero-order chi connectivity index (χ0) is 17.1. The van der Waals surface area contributed by atoms with Gasteiger partial charge in [0.15, 0.2) is 0 Å². The molecule has 1 saturated carbocycles. The van der Waals surface area contributed by atoms with Gasteiger partial charge in [-0.05, 0) is 60.7 Å². The van der Waals surface area contributed by atoms with E-state index < -0.39 is 6.04 Å². The topological polar surface area (TPSA) is 81.9 Å². The lowest BCUT2D eigenvalue weighted by Gasteiger charge is -2.21. The van der Waals surface area contributed by atoms with Gasteiger partial charge in [-0.1, -0.05) is 12.1 Å². The molecule has 7 heteroatoms. The summed E-state index contributed by atoms with van der Waals surface area (Å²) in [7, 11) is 1.63. The number of aromatic nitrogens is 4. The number of nitrogens with one attached hydrogen (secondary N) is 1. The minimum Gasteiger partial charge on any atom is -0.497 e. The van der Waals surface area contributed by atoms with Crippen molar-refractivity contribution in [2.45, 2.75) is 45.2 Å². The van der Waals surface area contributed by atoms with E-state index in [9.17, 15) is 4.79 Å². The van der Waals surface area contributed by atoms with E-state index in [0.29, 0.717) is 18.2 Å². The highest BCUT2D eigenvalue weighted by molar-refractivity contribution is 5.81. The summed E-state index contributed by atoms with van der Waals surface area (Å²) in [6.07, 6.45) is 2.88. The van der Waals surface area contributed by atoms with Crippen LogP contribution < -0.4 is 10.1 Å². The maximum atomic E-state index is 12.8. The van der Waals surface area contributed by atoms with Crippen molar-refractivity contribution < 1.29 is 9.53 Å². The SMILES string of the molecule is COc1cccc(C[C@@H](C(=O)N[C@@H](C)C2CC2)n2nnnc2C)c1. The van der Waals surface area contributed by atoms with Crippen LogP contribution in [-0.4, -0.2) is 39.3 Å². The van der Waals surface area contributed by atoms with Crippen LogP contribution in [0.1, 0.15) is 37.2 Å². The Labute approximate surface area is 141 Å². The molecular weight excluding hydrogens is 306 g/mol. The van der Waals surface area contributed by atoms with Gasteiger partial charge < -0.3 is 10.1 Å². The average Bonchev–Trinajstić information content (AvgIpc) is 3.35. The molecule has 128 valence electrons. The van der Waals surface area contributed by atoms with Gasteiger partial charge in [-0.2, -0.15) is 0 Å². The zero-order valence-corrected chi connectivity index (χ0v) is 14.3. The first-order chi connectivity index (χ1) is 11.6. The summed E-state index contributed by atoms with van der Waals surface area (Å²) in [4.78, 5) is 12.8. The van der Waals surface area contributed by atoms with Crippen molar-refractivity contribution in [2.24, 2.45) is 5.92 Å². The number of nitrogens with zero attached hydrogens (tertiary/aromatic N) is 4. The molecule has 0 saturated heterocycles. The van der Waals surface area contributed by atoms with Gasteiger partial charge in [0, 0.05) is 12.5 Å². The Morgan fingerprint density at radius 1 is 1.46 bits per heavy atom. The normalized spacial score (nSPS) is 16.5. The predicted octanol–water partition coefficient (Wildman–Crippen LogP) is 1.69.